The number of hydrogen-bond acceptors (Lipinski definition) is 3. The molecule has 4 nitrogen and oxygen atoms in total. The molecule has 14 aromatic rings. The smallest absolute Gasteiger partial charge is 0.165 e. The van der Waals surface area contributed by atoms with Crippen LogP contribution in [0.15, 0.2) is 170 Å². The highest BCUT2D eigenvalue weighted by molar-refractivity contribution is 7.26. The first kappa shape index (κ1) is 29.9. The lowest BCUT2D eigenvalue weighted by molar-refractivity contribution is 1.08. The van der Waals surface area contributed by atoms with Crippen molar-refractivity contribution in [1.82, 2.24) is 18.9 Å². The summed E-state index contributed by atoms with van der Waals surface area (Å²) in [6.07, 6.45) is 0. The lowest BCUT2D eigenvalue weighted by Gasteiger charge is -2.18. The molecule has 0 N–H and O–H groups in total. The minimum absolute atomic E-state index is 0.825. The Kier molecular flexibility index (Phi) is 5.62. The largest absolute Gasteiger partial charge is 0.308 e. The van der Waals surface area contributed by atoms with Crippen molar-refractivity contribution in [2.24, 2.45) is 0 Å². The summed E-state index contributed by atoms with van der Waals surface area (Å²) in [6.45, 7) is 0. The molecule has 5 heteroatoms. The van der Waals surface area contributed by atoms with Crippen LogP contribution in [0.4, 0.5) is 0 Å². The molecule has 0 saturated carbocycles. The van der Waals surface area contributed by atoms with Gasteiger partial charge in [0.05, 0.1) is 38.6 Å². The normalized spacial score (nSPS) is 12.6. The van der Waals surface area contributed by atoms with E-state index in [1.165, 1.54) is 69.0 Å². The molecule has 0 atom stereocenters. The monoisotopic (exact) mass is 740 g/mol. The van der Waals surface area contributed by atoms with Crippen LogP contribution in [0.25, 0.3) is 130 Å². The molecule has 0 amide bonds. The van der Waals surface area contributed by atoms with Crippen molar-refractivity contribution < 1.29 is 0 Å². The highest BCUT2D eigenvalue weighted by Crippen LogP contribution is 2.51. The first-order valence-electron chi connectivity index (χ1n) is 19.4. The molecule has 0 unspecified atom stereocenters. The number of benzene rings is 9. The van der Waals surface area contributed by atoms with Crippen LogP contribution >= 0.6 is 11.3 Å². The zero-order valence-electron chi connectivity index (χ0n) is 30.4. The fourth-order valence-electron chi connectivity index (χ4n) is 10.1. The van der Waals surface area contributed by atoms with Gasteiger partial charge in [0.1, 0.15) is 5.69 Å². The molecule has 262 valence electrons. The van der Waals surface area contributed by atoms with Gasteiger partial charge in [0.2, 0.25) is 0 Å². The van der Waals surface area contributed by atoms with Gasteiger partial charge in [-0.1, -0.05) is 133 Å². The first-order valence-corrected chi connectivity index (χ1v) is 20.2. The van der Waals surface area contributed by atoms with E-state index in [1.807, 2.05) is 11.3 Å². The number of aromatic nitrogens is 4. The summed E-state index contributed by atoms with van der Waals surface area (Å²) in [5.41, 5.74) is 11.9. The van der Waals surface area contributed by atoms with Crippen LogP contribution < -0.4 is 0 Å². The van der Waals surface area contributed by atoms with Crippen molar-refractivity contribution >= 4 is 113 Å². The number of rotatable bonds is 3. The molecule has 0 fully saturated rings. The Labute approximate surface area is 328 Å². The lowest BCUT2D eigenvalue weighted by atomic mass is 9.96. The third-order valence-corrected chi connectivity index (χ3v) is 13.5. The molecular formula is C52H28N4S. The number of hydrogen-bond donors (Lipinski definition) is 0. The van der Waals surface area contributed by atoms with Gasteiger partial charge < -0.3 is 4.40 Å². The SMILES string of the molecule is c1ccc(-c2ccccc2-c2nc3c4ccccc4c4ccccc4c3nc2-n2c3ccc4sc5ccc6c7ccccc7n7c8cccc2c8c3c4c5c67)cc1. The van der Waals surface area contributed by atoms with Crippen LogP contribution in [0.2, 0.25) is 0 Å². The molecule has 5 aromatic heterocycles. The lowest BCUT2D eigenvalue weighted by Crippen LogP contribution is -2.05. The molecule has 0 aliphatic rings. The molecule has 0 aliphatic heterocycles. The van der Waals surface area contributed by atoms with Gasteiger partial charge in [0, 0.05) is 58.1 Å². The number of fused-ring (bicyclic) bond motifs is 10. The van der Waals surface area contributed by atoms with E-state index < -0.39 is 0 Å². The van der Waals surface area contributed by atoms with Gasteiger partial charge in [-0.05, 0) is 58.3 Å². The standard InChI is InChI=1S/C52H28N4S/c1-2-13-29(14-3-1)30-15-4-7-19-34(30)50-52(54-49-36-21-9-6-17-32(36)31-16-5-8-20-35(31)48(49)53-50)56-40-24-12-23-39-44(40)45-41(56)26-28-42-46(45)47-43(57-42)27-25-37-33-18-10-11-22-38(33)55(39)51(37)47/h1-28H. The maximum Gasteiger partial charge on any atom is 0.165 e. The Morgan fingerprint density at radius 1 is 0.368 bits per heavy atom. The van der Waals surface area contributed by atoms with E-state index in [4.69, 9.17) is 9.97 Å². The highest BCUT2D eigenvalue weighted by atomic mass is 32.1. The van der Waals surface area contributed by atoms with Gasteiger partial charge in [-0.25, -0.2) is 9.97 Å². The first-order chi connectivity index (χ1) is 28.3. The third kappa shape index (κ3) is 3.72. The zero-order valence-corrected chi connectivity index (χ0v) is 31.2. The fraction of sp³-hybridized carbons (Fsp3) is 0. The van der Waals surface area contributed by atoms with Gasteiger partial charge in [-0.2, -0.15) is 0 Å². The number of thiophene rings is 1. The topological polar surface area (TPSA) is 35.1 Å². The van der Waals surface area contributed by atoms with Crippen LogP contribution in [0.5, 0.6) is 0 Å². The number of nitrogens with zero attached hydrogens (tertiary/aromatic N) is 4. The van der Waals surface area contributed by atoms with Crippen molar-refractivity contribution in [3.05, 3.63) is 170 Å². The van der Waals surface area contributed by atoms with Gasteiger partial charge in [0.25, 0.3) is 0 Å². The molecule has 14 rings (SSSR count). The van der Waals surface area contributed by atoms with E-state index >= 15 is 0 Å². The van der Waals surface area contributed by atoms with Crippen molar-refractivity contribution in [3.8, 4) is 28.2 Å². The summed E-state index contributed by atoms with van der Waals surface area (Å²) in [6, 6.07) is 61.7. The maximum absolute atomic E-state index is 5.86. The molecular weight excluding hydrogens is 713 g/mol. The summed E-state index contributed by atoms with van der Waals surface area (Å²) in [5, 5.41) is 12.3. The molecule has 5 heterocycles. The summed E-state index contributed by atoms with van der Waals surface area (Å²) >= 11 is 1.89. The Balaban J connectivity index is 1.23. The van der Waals surface area contributed by atoms with Crippen LogP contribution in [0, 0.1) is 0 Å². The Morgan fingerprint density at radius 3 is 1.77 bits per heavy atom. The Hall–Kier alpha value is -7.34. The summed E-state index contributed by atoms with van der Waals surface area (Å²) in [5.74, 6) is 0.825. The van der Waals surface area contributed by atoms with E-state index in [0.717, 1.165) is 61.0 Å². The van der Waals surface area contributed by atoms with Crippen LogP contribution in [0.1, 0.15) is 0 Å². The zero-order chi connectivity index (χ0) is 36.9. The summed E-state index contributed by atoms with van der Waals surface area (Å²) in [7, 11) is 0. The van der Waals surface area contributed by atoms with Crippen LogP contribution in [-0.4, -0.2) is 18.9 Å². The van der Waals surface area contributed by atoms with Gasteiger partial charge in [0.15, 0.2) is 5.82 Å². The quantitative estimate of drug-likeness (QED) is 0.169. The molecule has 9 aromatic carbocycles. The molecule has 0 aliphatic carbocycles. The molecule has 0 bridgehead atoms. The van der Waals surface area contributed by atoms with Gasteiger partial charge >= 0.3 is 0 Å². The molecule has 0 spiro atoms. The van der Waals surface area contributed by atoms with E-state index in [0.29, 0.717) is 0 Å². The van der Waals surface area contributed by atoms with E-state index in [1.54, 1.807) is 0 Å². The van der Waals surface area contributed by atoms with Gasteiger partial charge in [-0.3, -0.25) is 4.57 Å². The maximum atomic E-state index is 5.86. The van der Waals surface area contributed by atoms with Crippen molar-refractivity contribution in [2.75, 3.05) is 0 Å². The molecule has 57 heavy (non-hydrogen) atoms. The van der Waals surface area contributed by atoms with E-state index in [-0.39, 0.29) is 0 Å². The minimum atomic E-state index is 0.825. The summed E-state index contributed by atoms with van der Waals surface area (Å²) in [4.78, 5) is 11.7. The minimum Gasteiger partial charge on any atom is -0.308 e. The third-order valence-electron chi connectivity index (χ3n) is 12.4. The van der Waals surface area contributed by atoms with Crippen molar-refractivity contribution in [3.63, 3.8) is 0 Å². The predicted octanol–water partition coefficient (Wildman–Crippen LogP) is 14.2. The molecule has 0 saturated heterocycles. The summed E-state index contributed by atoms with van der Waals surface area (Å²) < 4.78 is 7.56. The second-order valence-electron chi connectivity index (χ2n) is 15.2. The van der Waals surface area contributed by atoms with E-state index in [2.05, 4.69) is 179 Å². The molecule has 0 radical (unpaired) electrons. The van der Waals surface area contributed by atoms with Gasteiger partial charge in [-0.15, -0.1) is 11.3 Å². The van der Waals surface area contributed by atoms with E-state index in [9.17, 15) is 0 Å². The van der Waals surface area contributed by atoms with Crippen LogP contribution in [0.3, 0.4) is 0 Å². The Morgan fingerprint density at radius 2 is 0.965 bits per heavy atom. The van der Waals surface area contributed by atoms with Crippen LogP contribution in [-0.2, 0) is 0 Å². The van der Waals surface area contributed by atoms with Crippen molar-refractivity contribution in [1.29, 1.82) is 0 Å². The second-order valence-corrected chi connectivity index (χ2v) is 16.3. The van der Waals surface area contributed by atoms with Crippen molar-refractivity contribution in [2.45, 2.75) is 0 Å². The second kappa shape index (κ2) is 10.7. The predicted molar refractivity (Wildman–Crippen MR) is 241 cm³/mol. The average Bonchev–Trinajstić information content (AvgIpc) is 3.91. The fourth-order valence-corrected chi connectivity index (χ4v) is 11.3. The number of para-hydroxylation sites is 1. The Bertz CT molecular complexity index is 3980. The average molecular weight is 741 g/mol. The highest BCUT2D eigenvalue weighted by Gasteiger charge is 2.28.